The molecule has 0 radical (unpaired) electrons. The van der Waals surface area contributed by atoms with Gasteiger partial charge < -0.3 is 5.32 Å². The molecule has 18 heavy (non-hydrogen) atoms. The molecular formula is C15H23N3. The Morgan fingerprint density at radius 1 is 0.944 bits per heavy atom. The zero-order valence-corrected chi connectivity index (χ0v) is 11.1. The van der Waals surface area contributed by atoms with Crippen molar-refractivity contribution in [2.24, 2.45) is 0 Å². The lowest BCUT2D eigenvalue weighted by Crippen LogP contribution is -2.23. The lowest BCUT2D eigenvalue weighted by molar-refractivity contribution is 0.460. The quantitative estimate of drug-likeness (QED) is 0.810. The monoisotopic (exact) mass is 245 g/mol. The van der Waals surface area contributed by atoms with Gasteiger partial charge in [-0.1, -0.05) is 25.7 Å². The van der Waals surface area contributed by atoms with Crippen molar-refractivity contribution < 1.29 is 0 Å². The number of aromatic nitrogens is 2. The Labute approximate surface area is 109 Å². The van der Waals surface area contributed by atoms with E-state index >= 15 is 0 Å². The molecular weight excluding hydrogens is 222 g/mol. The zero-order valence-electron chi connectivity index (χ0n) is 11.1. The summed E-state index contributed by atoms with van der Waals surface area (Å²) in [7, 11) is 0. The number of hydrogen-bond acceptors (Lipinski definition) is 3. The maximum Gasteiger partial charge on any atom is 0.223 e. The van der Waals surface area contributed by atoms with Crippen LogP contribution in [-0.2, 0) is 12.8 Å². The maximum absolute atomic E-state index is 4.75. The van der Waals surface area contributed by atoms with Crippen LogP contribution in [0.25, 0.3) is 0 Å². The van der Waals surface area contributed by atoms with Crippen molar-refractivity contribution in [2.75, 3.05) is 5.32 Å². The van der Waals surface area contributed by atoms with Crippen molar-refractivity contribution in [3.05, 3.63) is 17.5 Å². The van der Waals surface area contributed by atoms with Gasteiger partial charge in [-0.2, -0.15) is 0 Å². The van der Waals surface area contributed by atoms with Crippen molar-refractivity contribution >= 4 is 5.95 Å². The van der Waals surface area contributed by atoms with E-state index < -0.39 is 0 Å². The Morgan fingerprint density at radius 3 is 2.61 bits per heavy atom. The van der Waals surface area contributed by atoms with Crippen LogP contribution >= 0.6 is 0 Å². The van der Waals surface area contributed by atoms with Crippen LogP contribution in [0.4, 0.5) is 5.95 Å². The maximum atomic E-state index is 4.75. The van der Waals surface area contributed by atoms with E-state index in [0.717, 1.165) is 12.4 Å². The predicted molar refractivity (Wildman–Crippen MR) is 73.8 cm³/mol. The molecule has 3 nitrogen and oxygen atoms in total. The van der Waals surface area contributed by atoms with E-state index in [9.17, 15) is 0 Å². The van der Waals surface area contributed by atoms with Gasteiger partial charge in [-0.05, 0) is 44.1 Å². The highest BCUT2D eigenvalue weighted by Gasteiger charge is 2.15. The van der Waals surface area contributed by atoms with Gasteiger partial charge in [0.2, 0.25) is 5.95 Å². The molecule has 98 valence electrons. The molecule has 1 aromatic rings. The summed E-state index contributed by atoms with van der Waals surface area (Å²) >= 11 is 0. The van der Waals surface area contributed by atoms with Crippen molar-refractivity contribution in [1.29, 1.82) is 0 Å². The summed E-state index contributed by atoms with van der Waals surface area (Å²) in [5, 5.41) is 3.53. The average Bonchev–Trinajstić information content (AvgIpc) is 2.64. The van der Waals surface area contributed by atoms with Crippen LogP contribution in [0, 0.1) is 0 Å². The first kappa shape index (κ1) is 11.9. The lowest BCUT2D eigenvalue weighted by Gasteiger charge is -2.23. The van der Waals surface area contributed by atoms with Gasteiger partial charge in [0.15, 0.2) is 0 Å². The lowest BCUT2D eigenvalue weighted by atomic mass is 9.96. The molecule has 2 aliphatic rings. The molecule has 0 aliphatic heterocycles. The van der Waals surface area contributed by atoms with Crippen molar-refractivity contribution in [2.45, 2.75) is 70.3 Å². The normalized spacial score (nSPS) is 21.1. The standard InChI is InChI=1S/C15H23N3/c1-3-7-12-11-16-15(18-14(12)10-6-1)17-13-8-4-2-5-9-13/h11,13H,1-10H2,(H,16,17,18). The summed E-state index contributed by atoms with van der Waals surface area (Å²) in [6, 6.07) is 0.600. The van der Waals surface area contributed by atoms with Crippen molar-refractivity contribution in [3.63, 3.8) is 0 Å². The second kappa shape index (κ2) is 5.68. The summed E-state index contributed by atoms with van der Waals surface area (Å²) in [5.41, 5.74) is 2.67. The average molecular weight is 245 g/mol. The molecule has 0 spiro atoms. The number of fused-ring (bicyclic) bond motifs is 1. The fourth-order valence-electron chi connectivity index (χ4n) is 3.15. The fraction of sp³-hybridized carbons (Fsp3) is 0.733. The van der Waals surface area contributed by atoms with Crippen molar-refractivity contribution in [3.8, 4) is 0 Å². The third kappa shape index (κ3) is 2.82. The molecule has 0 amide bonds. The van der Waals surface area contributed by atoms with Crippen LogP contribution in [0.15, 0.2) is 6.20 Å². The third-order valence-electron chi connectivity index (χ3n) is 4.25. The van der Waals surface area contributed by atoms with E-state index in [0.29, 0.717) is 6.04 Å². The van der Waals surface area contributed by atoms with E-state index in [2.05, 4.69) is 16.5 Å². The highest BCUT2D eigenvalue weighted by molar-refractivity contribution is 5.31. The molecule has 0 bridgehead atoms. The smallest absolute Gasteiger partial charge is 0.223 e. The molecule has 1 heterocycles. The summed E-state index contributed by atoms with van der Waals surface area (Å²) in [5.74, 6) is 0.863. The van der Waals surface area contributed by atoms with E-state index in [-0.39, 0.29) is 0 Å². The van der Waals surface area contributed by atoms with Crippen LogP contribution in [0.2, 0.25) is 0 Å². The SMILES string of the molecule is c1nc(NC2CCCCC2)nc2c1CCCCC2. The molecule has 3 rings (SSSR count). The van der Waals surface area contributed by atoms with Gasteiger partial charge in [0.1, 0.15) is 0 Å². The molecule has 0 aromatic carbocycles. The van der Waals surface area contributed by atoms with Gasteiger partial charge in [0.25, 0.3) is 0 Å². The molecule has 1 N–H and O–H groups in total. The van der Waals surface area contributed by atoms with Gasteiger partial charge in [0, 0.05) is 17.9 Å². The van der Waals surface area contributed by atoms with E-state index in [4.69, 9.17) is 4.98 Å². The van der Waals surface area contributed by atoms with E-state index in [1.807, 2.05) is 0 Å². The third-order valence-corrected chi connectivity index (χ3v) is 4.25. The Morgan fingerprint density at radius 2 is 1.72 bits per heavy atom. The second-order valence-electron chi connectivity index (χ2n) is 5.71. The Kier molecular flexibility index (Phi) is 3.77. The Bertz CT molecular complexity index is 397. The second-order valence-corrected chi connectivity index (χ2v) is 5.71. The number of nitrogens with one attached hydrogen (secondary N) is 1. The van der Waals surface area contributed by atoms with Crippen LogP contribution in [0.5, 0.6) is 0 Å². The molecule has 3 heteroatoms. The minimum absolute atomic E-state index is 0.600. The van der Waals surface area contributed by atoms with Crippen LogP contribution in [0.1, 0.15) is 62.6 Å². The molecule has 2 aliphatic carbocycles. The van der Waals surface area contributed by atoms with Gasteiger partial charge >= 0.3 is 0 Å². The number of rotatable bonds is 2. The number of nitrogens with zero attached hydrogens (tertiary/aromatic N) is 2. The van der Waals surface area contributed by atoms with E-state index in [1.165, 1.54) is 69.0 Å². The number of aryl methyl sites for hydroxylation is 2. The summed E-state index contributed by atoms with van der Waals surface area (Å²) in [6.07, 6.45) is 14.9. The largest absolute Gasteiger partial charge is 0.351 e. The van der Waals surface area contributed by atoms with Crippen molar-refractivity contribution in [1.82, 2.24) is 9.97 Å². The zero-order chi connectivity index (χ0) is 12.2. The Balaban J connectivity index is 1.70. The minimum atomic E-state index is 0.600. The minimum Gasteiger partial charge on any atom is -0.351 e. The van der Waals surface area contributed by atoms with Crippen LogP contribution < -0.4 is 5.32 Å². The number of anilines is 1. The van der Waals surface area contributed by atoms with Gasteiger partial charge in [-0.25, -0.2) is 9.97 Å². The predicted octanol–water partition coefficient (Wildman–Crippen LogP) is 3.49. The van der Waals surface area contributed by atoms with Crippen LogP contribution in [0.3, 0.4) is 0 Å². The molecule has 1 fully saturated rings. The summed E-state index contributed by atoms with van der Waals surface area (Å²) in [4.78, 5) is 9.25. The first-order chi connectivity index (χ1) is 8.92. The molecule has 0 atom stereocenters. The summed E-state index contributed by atoms with van der Waals surface area (Å²) < 4.78 is 0. The van der Waals surface area contributed by atoms with Gasteiger partial charge in [0.05, 0.1) is 0 Å². The van der Waals surface area contributed by atoms with E-state index in [1.54, 1.807) is 0 Å². The molecule has 0 unspecified atom stereocenters. The van der Waals surface area contributed by atoms with Gasteiger partial charge in [-0.15, -0.1) is 0 Å². The summed E-state index contributed by atoms with van der Waals surface area (Å²) in [6.45, 7) is 0. The van der Waals surface area contributed by atoms with Crippen LogP contribution in [-0.4, -0.2) is 16.0 Å². The highest BCUT2D eigenvalue weighted by Crippen LogP contribution is 2.22. The molecule has 1 saturated carbocycles. The molecule has 1 aromatic heterocycles. The van der Waals surface area contributed by atoms with Gasteiger partial charge in [-0.3, -0.25) is 0 Å². The number of hydrogen-bond donors (Lipinski definition) is 1. The molecule has 0 saturated heterocycles. The first-order valence-corrected chi connectivity index (χ1v) is 7.53. The first-order valence-electron chi connectivity index (χ1n) is 7.53. The highest BCUT2D eigenvalue weighted by atomic mass is 15.1. The Hall–Kier alpha value is -1.12. The topological polar surface area (TPSA) is 37.8 Å². The fourth-order valence-corrected chi connectivity index (χ4v) is 3.15.